The van der Waals surface area contributed by atoms with Crippen LogP contribution in [0.2, 0.25) is 0 Å². The molecule has 12 nitrogen and oxygen atoms in total. The van der Waals surface area contributed by atoms with E-state index in [9.17, 15) is 18.1 Å². The van der Waals surface area contributed by atoms with Crippen LogP contribution in [0.25, 0.3) is 22.2 Å². The van der Waals surface area contributed by atoms with Gasteiger partial charge in [-0.1, -0.05) is 6.07 Å². The molecule has 0 fully saturated rings. The van der Waals surface area contributed by atoms with E-state index in [2.05, 4.69) is 19.5 Å². The summed E-state index contributed by atoms with van der Waals surface area (Å²) in [6, 6.07) is 6.21. The van der Waals surface area contributed by atoms with Crippen molar-refractivity contribution in [2.75, 3.05) is 13.8 Å². The van der Waals surface area contributed by atoms with Crippen LogP contribution in [0.4, 0.5) is 13.2 Å². The maximum absolute atomic E-state index is 15.4. The van der Waals surface area contributed by atoms with Gasteiger partial charge in [-0.3, -0.25) is 9.32 Å². The Labute approximate surface area is 242 Å². The number of imidazole rings is 1. The van der Waals surface area contributed by atoms with Crippen LogP contribution in [0.15, 0.2) is 42.7 Å². The molecule has 0 radical (unpaired) electrons. The van der Waals surface area contributed by atoms with Gasteiger partial charge in [0.2, 0.25) is 0 Å². The maximum Gasteiger partial charge on any atom is 0.471 e. The molecule has 226 valence electrons. The number of nitrogens with zero attached hydrogens (tertiary/aromatic N) is 5. The standard InChI is InChI=1S/C27H25F3N5O7P/c1-27(2,40-12-41-43(37,38)39)25-31-10-13(11-32-25)15-7-18-17(8-16(15)28)33-23-20-9-19(35(18)23)22-14(24(36)34(20)3)5-4-6-21(22)42-26(29)30/h4-8,10-11,19-20,26H,9,12H2,1-3H3,(H2,37,38,39)/t19-,20+/m1/s1. The Kier molecular flexibility index (Phi) is 7.05. The normalized spacial score (nSPS) is 18.3. The van der Waals surface area contributed by atoms with Gasteiger partial charge in [-0.25, -0.2) is 23.9 Å². The number of rotatable bonds is 8. The van der Waals surface area contributed by atoms with Crippen LogP contribution in [0, 0.1) is 5.82 Å². The van der Waals surface area contributed by atoms with E-state index in [4.69, 9.17) is 19.3 Å². The van der Waals surface area contributed by atoms with Gasteiger partial charge in [0.15, 0.2) is 12.6 Å². The molecular weight excluding hydrogens is 594 g/mol. The van der Waals surface area contributed by atoms with Crippen LogP contribution in [0.1, 0.15) is 59.9 Å². The number of fused-ring (bicyclic) bond motifs is 9. The number of aromatic nitrogens is 4. The molecule has 43 heavy (non-hydrogen) atoms. The van der Waals surface area contributed by atoms with Gasteiger partial charge >= 0.3 is 14.4 Å². The van der Waals surface area contributed by atoms with Crippen molar-refractivity contribution in [2.45, 2.75) is 44.6 Å². The maximum atomic E-state index is 15.4. The van der Waals surface area contributed by atoms with Crippen molar-refractivity contribution in [2.24, 2.45) is 0 Å². The molecule has 2 aromatic heterocycles. The lowest BCUT2D eigenvalue weighted by Gasteiger charge is -2.24. The van der Waals surface area contributed by atoms with Gasteiger partial charge in [0.1, 0.15) is 23.0 Å². The van der Waals surface area contributed by atoms with Crippen LogP contribution < -0.4 is 4.74 Å². The molecule has 2 N–H and O–H groups in total. The number of amides is 1. The fraction of sp³-hybridized carbons (Fsp3) is 0.333. The predicted molar refractivity (Wildman–Crippen MR) is 143 cm³/mol. The molecule has 0 aliphatic carbocycles. The lowest BCUT2D eigenvalue weighted by Crippen LogP contribution is -2.30. The van der Waals surface area contributed by atoms with Crippen molar-refractivity contribution < 1.29 is 46.3 Å². The molecule has 0 saturated carbocycles. The molecule has 2 aliphatic heterocycles. The monoisotopic (exact) mass is 619 g/mol. The summed E-state index contributed by atoms with van der Waals surface area (Å²) in [5, 5.41) is 0. The number of phosphoric acid groups is 1. The molecule has 6 rings (SSSR count). The number of halogens is 3. The minimum atomic E-state index is -4.73. The lowest BCUT2D eigenvalue weighted by molar-refractivity contribution is -0.102. The highest BCUT2D eigenvalue weighted by molar-refractivity contribution is 7.46. The van der Waals surface area contributed by atoms with E-state index in [-0.39, 0.29) is 28.6 Å². The number of carbonyl (C=O) groups is 1. The van der Waals surface area contributed by atoms with E-state index >= 15 is 4.39 Å². The predicted octanol–water partition coefficient (Wildman–Crippen LogP) is 4.67. The Morgan fingerprint density at radius 1 is 1.14 bits per heavy atom. The largest absolute Gasteiger partial charge is 0.471 e. The molecule has 0 saturated heterocycles. The molecule has 2 atom stereocenters. The highest BCUT2D eigenvalue weighted by Gasteiger charge is 2.45. The number of hydrogen-bond acceptors (Lipinski definition) is 8. The Morgan fingerprint density at radius 2 is 1.86 bits per heavy atom. The van der Waals surface area contributed by atoms with E-state index in [1.54, 1.807) is 33.0 Å². The summed E-state index contributed by atoms with van der Waals surface area (Å²) in [5.41, 5.74) is 0.640. The smallest absolute Gasteiger partial charge is 0.434 e. The second kappa shape index (κ2) is 10.4. The van der Waals surface area contributed by atoms with E-state index in [0.29, 0.717) is 34.4 Å². The third-order valence-electron chi connectivity index (χ3n) is 7.64. The second-order valence-electron chi connectivity index (χ2n) is 10.6. The zero-order valence-corrected chi connectivity index (χ0v) is 23.8. The van der Waals surface area contributed by atoms with Crippen molar-refractivity contribution in [3.05, 3.63) is 71.3 Å². The van der Waals surface area contributed by atoms with Gasteiger partial charge < -0.3 is 28.7 Å². The van der Waals surface area contributed by atoms with E-state index < -0.39 is 44.7 Å². The fourth-order valence-electron chi connectivity index (χ4n) is 5.61. The first-order valence-corrected chi connectivity index (χ1v) is 14.5. The summed E-state index contributed by atoms with van der Waals surface area (Å²) >= 11 is 0. The molecule has 0 spiro atoms. The highest BCUT2D eigenvalue weighted by Crippen LogP contribution is 2.50. The second-order valence-corrected chi connectivity index (χ2v) is 11.9. The third kappa shape index (κ3) is 5.17. The average molecular weight is 619 g/mol. The van der Waals surface area contributed by atoms with E-state index in [1.807, 2.05) is 4.57 Å². The number of alkyl halides is 2. The Morgan fingerprint density at radius 3 is 2.53 bits per heavy atom. The van der Waals surface area contributed by atoms with Gasteiger partial charge in [-0.05, 0) is 32.0 Å². The first-order chi connectivity index (χ1) is 20.2. The molecule has 4 aromatic rings. The zero-order valence-electron chi connectivity index (χ0n) is 22.9. The van der Waals surface area contributed by atoms with Gasteiger partial charge in [0, 0.05) is 54.2 Å². The number of ether oxygens (including phenoxy) is 2. The number of hydrogen-bond donors (Lipinski definition) is 2. The zero-order chi connectivity index (χ0) is 30.8. The first kappa shape index (κ1) is 29.2. The van der Waals surface area contributed by atoms with Crippen molar-refractivity contribution >= 4 is 24.8 Å². The first-order valence-electron chi connectivity index (χ1n) is 13.0. The van der Waals surface area contributed by atoms with Gasteiger partial charge in [-0.2, -0.15) is 8.78 Å². The Bertz CT molecular complexity index is 1790. The quantitative estimate of drug-likeness (QED) is 0.210. The van der Waals surface area contributed by atoms with Crippen LogP contribution >= 0.6 is 7.82 Å². The molecule has 0 unspecified atom stereocenters. The fourth-order valence-corrected chi connectivity index (χ4v) is 5.80. The summed E-state index contributed by atoms with van der Waals surface area (Å²) in [5.74, 6) is -0.436. The summed E-state index contributed by atoms with van der Waals surface area (Å²) in [6.07, 6.45) is 3.12. The minimum absolute atomic E-state index is 0.114. The van der Waals surface area contributed by atoms with E-state index in [0.717, 1.165) is 0 Å². The van der Waals surface area contributed by atoms with Crippen molar-refractivity contribution in [3.8, 4) is 16.9 Å². The Balaban J connectivity index is 1.41. The van der Waals surface area contributed by atoms with Crippen molar-refractivity contribution in [1.29, 1.82) is 0 Å². The van der Waals surface area contributed by atoms with Crippen LogP contribution in [-0.2, 0) is 19.4 Å². The highest BCUT2D eigenvalue weighted by atomic mass is 31.2. The minimum Gasteiger partial charge on any atom is -0.434 e. The van der Waals surface area contributed by atoms with Gasteiger partial charge in [0.25, 0.3) is 5.91 Å². The van der Waals surface area contributed by atoms with Crippen molar-refractivity contribution in [1.82, 2.24) is 24.4 Å². The molecule has 2 bridgehead atoms. The van der Waals surface area contributed by atoms with E-state index in [1.165, 1.54) is 35.5 Å². The van der Waals surface area contributed by atoms with Crippen LogP contribution in [0.5, 0.6) is 5.75 Å². The Hall–Kier alpha value is -3.88. The van der Waals surface area contributed by atoms with Gasteiger partial charge in [0.05, 0.1) is 23.1 Å². The molecule has 2 aliphatic rings. The van der Waals surface area contributed by atoms with Crippen LogP contribution in [-0.4, -0.2) is 60.6 Å². The third-order valence-corrected chi connectivity index (χ3v) is 8.08. The summed E-state index contributed by atoms with van der Waals surface area (Å²) in [6.45, 7) is -0.675. The lowest BCUT2D eigenvalue weighted by atomic mass is 9.97. The number of carbonyl (C=O) groups excluding carboxylic acids is 1. The van der Waals surface area contributed by atoms with Gasteiger partial charge in [-0.15, -0.1) is 0 Å². The molecule has 4 heterocycles. The van der Waals surface area contributed by atoms with Crippen molar-refractivity contribution in [3.63, 3.8) is 0 Å². The van der Waals surface area contributed by atoms with Crippen LogP contribution in [0.3, 0.4) is 0 Å². The average Bonchev–Trinajstić information content (AvgIpc) is 3.44. The molecule has 2 aromatic carbocycles. The number of phosphoric ester groups is 1. The SMILES string of the molecule is CN1C(=O)c2cccc(OC(F)F)c2[C@H]2C[C@H]1c1nc3cc(F)c(-c4cnc(C(C)(C)OCOP(=O)(O)O)nc4)cc3n12. The topological polar surface area (TPSA) is 149 Å². The summed E-state index contributed by atoms with van der Waals surface area (Å²) in [7, 11) is -3.12. The molecular formula is C27H25F3N5O7P. The number of benzene rings is 2. The molecule has 16 heteroatoms. The molecule has 1 amide bonds. The summed E-state index contributed by atoms with van der Waals surface area (Å²) < 4.78 is 69.4. The summed E-state index contributed by atoms with van der Waals surface area (Å²) in [4.78, 5) is 45.7.